The van der Waals surface area contributed by atoms with Crippen molar-refractivity contribution in [3.8, 4) is 0 Å². The van der Waals surface area contributed by atoms with Crippen LogP contribution in [0.15, 0.2) is 29.8 Å². The number of halogens is 2. The number of thiazole rings is 1. The first-order valence-corrected chi connectivity index (χ1v) is 5.08. The van der Waals surface area contributed by atoms with E-state index in [0.29, 0.717) is 5.01 Å². The molecule has 0 amide bonds. The summed E-state index contributed by atoms with van der Waals surface area (Å²) in [5, 5.41) is 11.8. The van der Waals surface area contributed by atoms with Crippen LogP contribution in [0.4, 0.5) is 8.78 Å². The highest BCUT2D eigenvalue weighted by Crippen LogP contribution is 2.24. The molecule has 0 spiro atoms. The summed E-state index contributed by atoms with van der Waals surface area (Å²) in [5.41, 5.74) is 0.169. The van der Waals surface area contributed by atoms with E-state index in [1.807, 2.05) is 0 Å². The predicted octanol–water partition coefficient (Wildman–Crippen LogP) is 2.50. The van der Waals surface area contributed by atoms with Crippen LogP contribution < -0.4 is 0 Å². The Morgan fingerprint density at radius 1 is 1.20 bits per heavy atom. The maximum Gasteiger partial charge on any atom is 0.131 e. The van der Waals surface area contributed by atoms with Crippen LogP contribution in [0.1, 0.15) is 16.7 Å². The van der Waals surface area contributed by atoms with Gasteiger partial charge in [-0.25, -0.2) is 13.8 Å². The van der Waals surface area contributed by atoms with Crippen LogP contribution in [0.2, 0.25) is 0 Å². The highest BCUT2D eigenvalue weighted by Gasteiger charge is 2.14. The fourth-order valence-corrected chi connectivity index (χ4v) is 1.89. The van der Waals surface area contributed by atoms with E-state index in [-0.39, 0.29) is 5.56 Å². The van der Waals surface area contributed by atoms with Crippen LogP contribution in [-0.2, 0) is 0 Å². The smallest absolute Gasteiger partial charge is 0.131 e. The first-order chi connectivity index (χ1) is 7.16. The Balaban J connectivity index is 2.37. The van der Waals surface area contributed by atoms with Crippen molar-refractivity contribution in [3.05, 3.63) is 52.0 Å². The van der Waals surface area contributed by atoms with Crippen LogP contribution >= 0.6 is 11.3 Å². The van der Waals surface area contributed by atoms with E-state index in [1.54, 1.807) is 5.38 Å². The van der Waals surface area contributed by atoms with E-state index in [9.17, 15) is 13.9 Å². The number of rotatable bonds is 2. The number of hydrogen-bond donors (Lipinski definition) is 1. The zero-order valence-corrected chi connectivity index (χ0v) is 8.34. The Labute approximate surface area is 88.8 Å². The second kappa shape index (κ2) is 4.04. The van der Waals surface area contributed by atoms with E-state index < -0.39 is 17.7 Å². The highest BCUT2D eigenvalue weighted by atomic mass is 32.1. The van der Waals surface area contributed by atoms with Gasteiger partial charge in [0, 0.05) is 17.6 Å². The lowest BCUT2D eigenvalue weighted by atomic mass is 10.1. The van der Waals surface area contributed by atoms with Gasteiger partial charge in [-0.3, -0.25) is 0 Å². The van der Waals surface area contributed by atoms with Crippen molar-refractivity contribution in [1.82, 2.24) is 4.98 Å². The lowest BCUT2D eigenvalue weighted by molar-refractivity contribution is 0.218. The lowest BCUT2D eigenvalue weighted by Gasteiger charge is -2.07. The second-order valence-electron chi connectivity index (χ2n) is 2.98. The van der Waals surface area contributed by atoms with Crippen molar-refractivity contribution in [1.29, 1.82) is 0 Å². The molecule has 0 aliphatic rings. The van der Waals surface area contributed by atoms with Crippen LogP contribution in [-0.4, -0.2) is 10.1 Å². The largest absolute Gasteiger partial charge is 0.381 e. The minimum atomic E-state index is -1.07. The molecule has 0 radical (unpaired) electrons. The summed E-state index contributed by atoms with van der Waals surface area (Å²) >= 11 is 1.23. The Bertz CT molecular complexity index is 438. The molecule has 78 valence electrons. The minimum absolute atomic E-state index is 0.169. The van der Waals surface area contributed by atoms with Gasteiger partial charge < -0.3 is 5.11 Å². The van der Waals surface area contributed by atoms with E-state index in [1.165, 1.54) is 17.5 Å². The maximum absolute atomic E-state index is 12.9. The summed E-state index contributed by atoms with van der Waals surface area (Å²) in [6, 6.07) is 2.95. The number of nitrogens with zero attached hydrogens (tertiary/aromatic N) is 1. The zero-order chi connectivity index (χ0) is 10.8. The van der Waals surface area contributed by atoms with Crippen LogP contribution in [0, 0.1) is 11.6 Å². The third-order valence-corrected chi connectivity index (χ3v) is 2.71. The Hall–Kier alpha value is -1.33. The molecule has 0 saturated heterocycles. The topological polar surface area (TPSA) is 33.1 Å². The van der Waals surface area contributed by atoms with Gasteiger partial charge in [0.1, 0.15) is 22.7 Å². The Morgan fingerprint density at radius 3 is 2.40 bits per heavy atom. The summed E-state index contributed by atoms with van der Waals surface area (Å²) in [6.45, 7) is 0. The van der Waals surface area contributed by atoms with Crippen LogP contribution in [0.5, 0.6) is 0 Å². The molecule has 0 fully saturated rings. The SMILES string of the molecule is OC(c1cc(F)cc(F)c1)c1nccs1. The predicted molar refractivity (Wildman–Crippen MR) is 52.5 cm³/mol. The highest BCUT2D eigenvalue weighted by molar-refractivity contribution is 7.09. The number of aliphatic hydroxyl groups is 1. The van der Waals surface area contributed by atoms with Crippen molar-refractivity contribution in [2.45, 2.75) is 6.10 Å². The molecule has 0 saturated carbocycles. The molecule has 5 heteroatoms. The van der Waals surface area contributed by atoms with Gasteiger partial charge in [0.05, 0.1) is 0 Å². The number of aromatic nitrogens is 1. The number of benzene rings is 1. The molecule has 2 aromatic rings. The summed E-state index contributed by atoms with van der Waals surface area (Å²) in [6.07, 6.45) is 0.453. The van der Waals surface area contributed by atoms with Crippen molar-refractivity contribution in [2.24, 2.45) is 0 Å². The molecule has 1 aromatic heterocycles. The van der Waals surface area contributed by atoms with Crippen LogP contribution in [0.3, 0.4) is 0 Å². The van der Waals surface area contributed by atoms with E-state index in [0.717, 1.165) is 18.2 Å². The average molecular weight is 227 g/mol. The molecule has 0 aliphatic heterocycles. The quantitative estimate of drug-likeness (QED) is 0.855. The third-order valence-electron chi connectivity index (χ3n) is 1.89. The molecule has 0 aliphatic carbocycles. The van der Waals surface area contributed by atoms with Crippen molar-refractivity contribution in [3.63, 3.8) is 0 Å². The number of hydrogen-bond acceptors (Lipinski definition) is 3. The molecule has 0 bridgehead atoms. The maximum atomic E-state index is 12.9. The van der Waals surface area contributed by atoms with E-state index >= 15 is 0 Å². The third kappa shape index (κ3) is 2.19. The first-order valence-electron chi connectivity index (χ1n) is 4.20. The van der Waals surface area contributed by atoms with E-state index in [2.05, 4.69) is 4.98 Å². The van der Waals surface area contributed by atoms with Gasteiger partial charge in [-0.05, 0) is 17.7 Å². The monoisotopic (exact) mass is 227 g/mol. The molecule has 1 unspecified atom stereocenters. The summed E-state index contributed by atoms with van der Waals surface area (Å²) in [4.78, 5) is 3.88. The molecule has 2 nitrogen and oxygen atoms in total. The van der Waals surface area contributed by atoms with Gasteiger partial charge in [-0.1, -0.05) is 0 Å². The lowest BCUT2D eigenvalue weighted by Crippen LogP contribution is -2.00. The fourth-order valence-electron chi connectivity index (χ4n) is 1.25. The second-order valence-corrected chi connectivity index (χ2v) is 3.90. The first kappa shape index (κ1) is 10.2. The van der Waals surface area contributed by atoms with Gasteiger partial charge >= 0.3 is 0 Å². The molecular formula is C10H7F2NOS. The standard InChI is InChI=1S/C10H7F2NOS/c11-7-3-6(4-8(12)5-7)9(14)10-13-1-2-15-10/h1-5,9,14H. The molecular weight excluding hydrogens is 220 g/mol. The Morgan fingerprint density at radius 2 is 1.87 bits per heavy atom. The van der Waals surface area contributed by atoms with Crippen molar-refractivity contribution in [2.75, 3.05) is 0 Å². The van der Waals surface area contributed by atoms with Gasteiger partial charge in [-0.2, -0.15) is 0 Å². The average Bonchev–Trinajstić information content (AvgIpc) is 2.67. The summed E-state index contributed by atoms with van der Waals surface area (Å²) in [5.74, 6) is -1.42. The van der Waals surface area contributed by atoms with Crippen molar-refractivity contribution >= 4 is 11.3 Å². The fraction of sp³-hybridized carbons (Fsp3) is 0.100. The molecule has 1 aromatic carbocycles. The molecule has 1 heterocycles. The van der Waals surface area contributed by atoms with Gasteiger partial charge in [0.15, 0.2) is 0 Å². The number of aliphatic hydroxyl groups excluding tert-OH is 1. The van der Waals surface area contributed by atoms with Gasteiger partial charge in [0.25, 0.3) is 0 Å². The normalized spacial score (nSPS) is 12.7. The molecule has 1 N–H and O–H groups in total. The van der Waals surface area contributed by atoms with Gasteiger partial charge in [0.2, 0.25) is 0 Å². The Kier molecular flexibility index (Phi) is 2.75. The van der Waals surface area contributed by atoms with Crippen molar-refractivity contribution < 1.29 is 13.9 Å². The minimum Gasteiger partial charge on any atom is -0.381 e. The molecule has 15 heavy (non-hydrogen) atoms. The molecule has 1 atom stereocenters. The summed E-state index contributed by atoms with van der Waals surface area (Å²) in [7, 11) is 0. The zero-order valence-electron chi connectivity index (χ0n) is 7.52. The van der Waals surface area contributed by atoms with Crippen LogP contribution in [0.25, 0.3) is 0 Å². The summed E-state index contributed by atoms with van der Waals surface area (Å²) < 4.78 is 25.7. The van der Waals surface area contributed by atoms with Gasteiger partial charge in [-0.15, -0.1) is 11.3 Å². The molecule has 2 rings (SSSR count). The van der Waals surface area contributed by atoms with E-state index in [4.69, 9.17) is 0 Å².